The Hall–Kier alpha value is -4.04. The van der Waals surface area contributed by atoms with Crippen LogP contribution < -0.4 is 5.32 Å². The van der Waals surface area contributed by atoms with Crippen LogP contribution in [0.15, 0.2) is 97.1 Å². The minimum Gasteiger partial charge on any atom is -0.354 e. The molecule has 0 unspecified atom stereocenters. The summed E-state index contributed by atoms with van der Waals surface area (Å²) in [6, 6.07) is 32.8. The van der Waals surface area contributed by atoms with Crippen molar-refractivity contribution in [2.45, 2.75) is 12.8 Å². The lowest BCUT2D eigenvalue weighted by atomic mass is 9.92. The molecule has 7 rings (SSSR count). The summed E-state index contributed by atoms with van der Waals surface area (Å²) in [5.41, 5.74) is 12.6. The zero-order valence-electron chi connectivity index (χ0n) is 17.7. The predicted molar refractivity (Wildman–Crippen MR) is 135 cm³/mol. The van der Waals surface area contributed by atoms with Crippen LogP contribution in [0.3, 0.4) is 0 Å². The molecule has 0 fully saturated rings. The molecule has 1 aliphatic heterocycles. The van der Waals surface area contributed by atoms with Crippen molar-refractivity contribution in [2.75, 3.05) is 5.32 Å². The van der Waals surface area contributed by atoms with Gasteiger partial charge in [0.05, 0.1) is 11.2 Å². The normalized spacial score (nSPS) is 13.5. The summed E-state index contributed by atoms with van der Waals surface area (Å²) >= 11 is 0. The number of aromatic nitrogens is 1. The maximum atomic E-state index is 3.71. The number of allylic oxidation sites excluding steroid dienone is 1. The molecular formula is C30H22N2. The first-order chi connectivity index (χ1) is 15.9. The van der Waals surface area contributed by atoms with E-state index in [9.17, 15) is 0 Å². The van der Waals surface area contributed by atoms with Crippen molar-refractivity contribution >= 4 is 28.4 Å². The van der Waals surface area contributed by atoms with Gasteiger partial charge in [0, 0.05) is 44.7 Å². The van der Waals surface area contributed by atoms with E-state index in [0.29, 0.717) is 0 Å². The maximum Gasteiger partial charge on any atom is 0.0641 e. The summed E-state index contributed by atoms with van der Waals surface area (Å²) in [7, 11) is 0. The first kappa shape index (κ1) is 17.6. The summed E-state index contributed by atoms with van der Waals surface area (Å²) in [6.45, 7) is 0. The fraction of sp³-hybridized carbons (Fsp3) is 0.0667. The number of nitrogens with one attached hydrogen (secondary N) is 1. The molecule has 2 heterocycles. The van der Waals surface area contributed by atoms with E-state index in [-0.39, 0.29) is 0 Å². The molecule has 1 aliphatic carbocycles. The lowest BCUT2D eigenvalue weighted by molar-refractivity contribution is 0.985. The van der Waals surface area contributed by atoms with E-state index >= 15 is 0 Å². The fourth-order valence-corrected chi connectivity index (χ4v) is 5.40. The highest BCUT2D eigenvalue weighted by Crippen LogP contribution is 2.51. The SMILES string of the molecule is C1=Cc2c(ccc3c4c(n(-c5ccccc5)c23)-c2ccccc2Nc2ccccc2-4)CC1. The molecule has 5 aromatic rings. The summed E-state index contributed by atoms with van der Waals surface area (Å²) in [6.07, 6.45) is 6.86. The van der Waals surface area contributed by atoms with Gasteiger partial charge in [0.25, 0.3) is 0 Å². The molecule has 32 heavy (non-hydrogen) atoms. The summed E-state index contributed by atoms with van der Waals surface area (Å²) in [5, 5.41) is 5.02. The highest BCUT2D eigenvalue weighted by Gasteiger charge is 2.28. The maximum absolute atomic E-state index is 3.71. The van der Waals surface area contributed by atoms with Gasteiger partial charge in [-0.2, -0.15) is 0 Å². The van der Waals surface area contributed by atoms with Gasteiger partial charge in [-0.25, -0.2) is 0 Å². The predicted octanol–water partition coefficient (Wildman–Crippen LogP) is 7.98. The summed E-state index contributed by atoms with van der Waals surface area (Å²) < 4.78 is 2.49. The Balaban J connectivity index is 1.75. The van der Waals surface area contributed by atoms with E-state index in [0.717, 1.165) is 24.2 Å². The molecular weight excluding hydrogens is 388 g/mol. The number of para-hydroxylation sites is 3. The molecule has 1 N–H and O–H groups in total. The average molecular weight is 411 g/mol. The van der Waals surface area contributed by atoms with E-state index in [2.05, 4.69) is 113 Å². The van der Waals surface area contributed by atoms with E-state index < -0.39 is 0 Å². The largest absolute Gasteiger partial charge is 0.354 e. The van der Waals surface area contributed by atoms with Gasteiger partial charge >= 0.3 is 0 Å². The minimum atomic E-state index is 1.10. The van der Waals surface area contributed by atoms with Crippen molar-refractivity contribution in [3.63, 3.8) is 0 Å². The molecule has 0 saturated heterocycles. The minimum absolute atomic E-state index is 1.10. The smallest absolute Gasteiger partial charge is 0.0641 e. The van der Waals surface area contributed by atoms with Gasteiger partial charge in [0.2, 0.25) is 0 Å². The van der Waals surface area contributed by atoms with Gasteiger partial charge < -0.3 is 9.88 Å². The van der Waals surface area contributed by atoms with Crippen molar-refractivity contribution in [1.29, 1.82) is 0 Å². The molecule has 2 aliphatic rings. The molecule has 2 nitrogen and oxygen atoms in total. The number of nitrogens with zero attached hydrogens (tertiary/aromatic N) is 1. The number of anilines is 2. The van der Waals surface area contributed by atoms with Gasteiger partial charge in [0.1, 0.15) is 0 Å². The molecule has 0 amide bonds. The van der Waals surface area contributed by atoms with Gasteiger partial charge in [-0.1, -0.05) is 78.9 Å². The van der Waals surface area contributed by atoms with Gasteiger partial charge in [-0.05, 0) is 42.7 Å². The molecule has 4 aromatic carbocycles. The Morgan fingerprint density at radius 2 is 1.41 bits per heavy atom. The number of aryl methyl sites for hydroxylation is 1. The molecule has 0 bridgehead atoms. The third-order valence-corrected chi connectivity index (χ3v) is 6.79. The molecule has 152 valence electrons. The first-order valence-corrected chi connectivity index (χ1v) is 11.3. The topological polar surface area (TPSA) is 17.0 Å². The molecule has 0 spiro atoms. The highest BCUT2D eigenvalue weighted by molar-refractivity contribution is 6.13. The quantitative estimate of drug-likeness (QED) is 0.291. The average Bonchev–Trinajstić information content (AvgIpc) is 3.13. The van der Waals surface area contributed by atoms with Crippen molar-refractivity contribution in [2.24, 2.45) is 0 Å². The van der Waals surface area contributed by atoms with E-state index in [1.165, 1.54) is 50.1 Å². The van der Waals surface area contributed by atoms with Crippen LogP contribution in [-0.4, -0.2) is 4.57 Å². The van der Waals surface area contributed by atoms with Crippen LogP contribution in [0.2, 0.25) is 0 Å². The highest BCUT2D eigenvalue weighted by atomic mass is 15.0. The first-order valence-electron chi connectivity index (χ1n) is 11.3. The van der Waals surface area contributed by atoms with Crippen LogP contribution in [0.4, 0.5) is 11.4 Å². The van der Waals surface area contributed by atoms with Crippen molar-refractivity contribution in [3.05, 3.63) is 108 Å². The van der Waals surface area contributed by atoms with Crippen molar-refractivity contribution < 1.29 is 0 Å². The molecule has 2 heteroatoms. The Morgan fingerprint density at radius 3 is 2.25 bits per heavy atom. The number of fused-ring (bicyclic) bond motifs is 9. The molecule has 1 aromatic heterocycles. The van der Waals surface area contributed by atoms with Crippen molar-refractivity contribution in [3.8, 4) is 28.1 Å². The lowest BCUT2D eigenvalue weighted by Crippen LogP contribution is -2.02. The zero-order valence-corrected chi connectivity index (χ0v) is 17.7. The fourth-order valence-electron chi connectivity index (χ4n) is 5.40. The zero-order chi connectivity index (χ0) is 21.1. The second kappa shape index (κ2) is 6.73. The molecule has 0 atom stereocenters. The molecule has 0 radical (unpaired) electrons. The third kappa shape index (κ3) is 2.41. The van der Waals surface area contributed by atoms with Crippen LogP contribution in [0.25, 0.3) is 45.1 Å². The van der Waals surface area contributed by atoms with Crippen LogP contribution >= 0.6 is 0 Å². The van der Waals surface area contributed by atoms with Gasteiger partial charge in [-0.15, -0.1) is 0 Å². The van der Waals surface area contributed by atoms with Crippen LogP contribution in [-0.2, 0) is 6.42 Å². The number of hydrogen-bond donors (Lipinski definition) is 1. The second-order valence-electron chi connectivity index (χ2n) is 8.59. The van der Waals surface area contributed by atoms with Crippen LogP contribution in [0.1, 0.15) is 17.5 Å². The number of hydrogen-bond acceptors (Lipinski definition) is 1. The van der Waals surface area contributed by atoms with Gasteiger partial charge in [0.15, 0.2) is 0 Å². The number of benzene rings is 4. The third-order valence-electron chi connectivity index (χ3n) is 6.79. The Labute approximate surface area is 187 Å². The van der Waals surface area contributed by atoms with Crippen LogP contribution in [0.5, 0.6) is 0 Å². The van der Waals surface area contributed by atoms with Crippen molar-refractivity contribution in [1.82, 2.24) is 4.57 Å². The Kier molecular flexibility index (Phi) is 3.71. The van der Waals surface area contributed by atoms with E-state index in [1.807, 2.05) is 0 Å². The Bertz CT molecular complexity index is 1540. The van der Waals surface area contributed by atoms with E-state index in [1.54, 1.807) is 0 Å². The monoisotopic (exact) mass is 410 g/mol. The number of rotatable bonds is 1. The standard InChI is InChI=1S/C30H22N2/c1-2-11-21(12-3-1)32-29-22-13-5-4-10-20(22)18-19-25(29)28-23-14-6-8-16-26(23)31-27-17-9-7-15-24(27)30(28)32/h1-3,5-9,11-19,31H,4,10H2. The van der Waals surface area contributed by atoms with Crippen LogP contribution in [0, 0.1) is 0 Å². The van der Waals surface area contributed by atoms with E-state index in [4.69, 9.17) is 0 Å². The van der Waals surface area contributed by atoms with Gasteiger partial charge in [-0.3, -0.25) is 0 Å². The second-order valence-corrected chi connectivity index (χ2v) is 8.59. The molecule has 0 saturated carbocycles. The summed E-state index contributed by atoms with van der Waals surface area (Å²) in [5.74, 6) is 0. The summed E-state index contributed by atoms with van der Waals surface area (Å²) in [4.78, 5) is 0. The Morgan fingerprint density at radius 1 is 0.688 bits per heavy atom. The lowest BCUT2D eigenvalue weighted by Gasteiger charge is -2.17.